The van der Waals surface area contributed by atoms with Crippen molar-refractivity contribution >= 4 is 29.9 Å². The molecule has 2 heterocycles. The molecule has 1 atom stereocenters. The molecule has 2 aromatic rings. The lowest BCUT2D eigenvalue weighted by Crippen LogP contribution is -2.44. The summed E-state index contributed by atoms with van der Waals surface area (Å²) in [7, 11) is 5.16. The van der Waals surface area contributed by atoms with Gasteiger partial charge in [-0.1, -0.05) is 6.42 Å². The van der Waals surface area contributed by atoms with Crippen LogP contribution in [0.15, 0.2) is 46.0 Å². The predicted octanol–water partition coefficient (Wildman–Crippen LogP) is 3.85. The highest BCUT2D eigenvalue weighted by atomic mass is 127. The first-order valence-electron chi connectivity index (χ1n) is 10.7. The highest BCUT2D eigenvalue weighted by Gasteiger charge is 2.24. The molecule has 1 unspecified atom stereocenters. The number of aliphatic imine (C=N–C) groups is 1. The summed E-state index contributed by atoms with van der Waals surface area (Å²) in [5.41, 5.74) is 1.10. The molecule has 7 nitrogen and oxygen atoms in total. The van der Waals surface area contributed by atoms with Crippen LogP contribution in [0.4, 0.5) is 0 Å². The van der Waals surface area contributed by atoms with Crippen LogP contribution in [-0.2, 0) is 6.42 Å². The third-order valence-corrected chi connectivity index (χ3v) is 5.56. The third-order valence-electron chi connectivity index (χ3n) is 5.56. The van der Waals surface area contributed by atoms with Gasteiger partial charge in [0.15, 0.2) is 5.96 Å². The average Bonchev–Trinajstić information content (AvgIpc) is 3.33. The number of methoxy groups -OCH3 is 2. The molecule has 1 fully saturated rings. The van der Waals surface area contributed by atoms with Crippen LogP contribution in [0.5, 0.6) is 11.5 Å². The molecule has 0 bridgehead atoms. The summed E-state index contributed by atoms with van der Waals surface area (Å²) >= 11 is 0. The Bertz CT molecular complexity index is 792. The first-order chi connectivity index (χ1) is 14.7. The molecular weight excluding hydrogens is 507 g/mol. The van der Waals surface area contributed by atoms with E-state index in [-0.39, 0.29) is 30.0 Å². The number of benzene rings is 1. The van der Waals surface area contributed by atoms with Crippen LogP contribution in [0.3, 0.4) is 0 Å². The SMILES string of the molecule is CN=C(NCCc1cc(OC)ccc1OC)NCC(c1ccco1)N1CCCCC1.I. The molecule has 0 spiro atoms. The minimum atomic E-state index is 0. The van der Waals surface area contributed by atoms with Crippen molar-refractivity contribution in [2.75, 3.05) is 47.4 Å². The van der Waals surface area contributed by atoms with Crippen LogP contribution in [0.1, 0.15) is 36.6 Å². The zero-order chi connectivity index (χ0) is 21.2. The van der Waals surface area contributed by atoms with Gasteiger partial charge in [-0.3, -0.25) is 9.89 Å². The van der Waals surface area contributed by atoms with Gasteiger partial charge in [0.2, 0.25) is 0 Å². The van der Waals surface area contributed by atoms with Crippen LogP contribution in [0.25, 0.3) is 0 Å². The Balaban J connectivity index is 0.00000341. The highest BCUT2D eigenvalue weighted by molar-refractivity contribution is 14.0. The van der Waals surface area contributed by atoms with E-state index in [4.69, 9.17) is 13.9 Å². The fraction of sp³-hybridized carbons (Fsp3) is 0.522. The molecule has 0 amide bonds. The largest absolute Gasteiger partial charge is 0.497 e. The second kappa shape index (κ2) is 13.5. The van der Waals surface area contributed by atoms with Crippen molar-refractivity contribution in [3.63, 3.8) is 0 Å². The molecule has 172 valence electrons. The van der Waals surface area contributed by atoms with Gasteiger partial charge in [0.1, 0.15) is 17.3 Å². The number of hydrogen-bond acceptors (Lipinski definition) is 5. The van der Waals surface area contributed by atoms with Crippen molar-refractivity contribution in [2.24, 2.45) is 4.99 Å². The van der Waals surface area contributed by atoms with Gasteiger partial charge in [0.25, 0.3) is 0 Å². The van der Waals surface area contributed by atoms with Crippen molar-refractivity contribution in [1.29, 1.82) is 0 Å². The first kappa shape index (κ1) is 25.3. The van der Waals surface area contributed by atoms with Crippen molar-refractivity contribution < 1.29 is 13.9 Å². The minimum absolute atomic E-state index is 0. The van der Waals surface area contributed by atoms with Crippen LogP contribution < -0.4 is 20.1 Å². The van der Waals surface area contributed by atoms with E-state index in [2.05, 4.69) is 26.6 Å². The van der Waals surface area contributed by atoms with E-state index in [9.17, 15) is 0 Å². The topological polar surface area (TPSA) is 71.3 Å². The van der Waals surface area contributed by atoms with Crippen LogP contribution >= 0.6 is 24.0 Å². The number of hydrogen-bond donors (Lipinski definition) is 2. The smallest absolute Gasteiger partial charge is 0.191 e. The van der Waals surface area contributed by atoms with E-state index >= 15 is 0 Å². The molecule has 2 N–H and O–H groups in total. The molecule has 8 heteroatoms. The van der Waals surface area contributed by atoms with E-state index in [0.29, 0.717) is 0 Å². The van der Waals surface area contributed by atoms with E-state index in [1.807, 2.05) is 24.3 Å². The molecule has 1 aliphatic rings. The van der Waals surface area contributed by atoms with Gasteiger partial charge >= 0.3 is 0 Å². The molecule has 0 saturated carbocycles. The molecular formula is C23H35IN4O3. The normalized spacial score (nSPS) is 15.6. The Morgan fingerprint density at radius 3 is 2.58 bits per heavy atom. The summed E-state index contributed by atoms with van der Waals surface area (Å²) < 4.78 is 16.5. The molecule has 1 aliphatic heterocycles. The second-order valence-corrected chi connectivity index (χ2v) is 7.44. The number of ether oxygens (including phenoxy) is 2. The summed E-state index contributed by atoms with van der Waals surface area (Å²) in [6, 6.07) is 10.1. The number of likely N-dealkylation sites (tertiary alicyclic amines) is 1. The third kappa shape index (κ3) is 7.31. The molecule has 0 radical (unpaired) electrons. The van der Waals surface area contributed by atoms with Crippen LogP contribution in [-0.4, -0.2) is 58.3 Å². The molecule has 0 aliphatic carbocycles. The lowest BCUT2D eigenvalue weighted by molar-refractivity contribution is 0.146. The van der Waals surface area contributed by atoms with E-state index in [1.165, 1.54) is 19.3 Å². The second-order valence-electron chi connectivity index (χ2n) is 7.44. The summed E-state index contributed by atoms with van der Waals surface area (Å²) in [5.74, 6) is 3.48. The Morgan fingerprint density at radius 2 is 1.94 bits per heavy atom. The molecule has 31 heavy (non-hydrogen) atoms. The van der Waals surface area contributed by atoms with Gasteiger partial charge < -0.3 is 24.5 Å². The van der Waals surface area contributed by atoms with Gasteiger partial charge in [-0.25, -0.2) is 0 Å². The van der Waals surface area contributed by atoms with E-state index in [1.54, 1.807) is 27.5 Å². The summed E-state index contributed by atoms with van der Waals surface area (Å²) in [6.45, 7) is 3.69. The molecule has 1 saturated heterocycles. The number of halogens is 1. The number of piperidine rings is 1. The van der Waals surface area contributed by atoms with Crippen LogP contribution in [0, 0.1) is 0 Å². The summed E-state index contributed by atoms with van der Waals surface area (Å²) in [4.78, 5) is 6.89. The number of nitrogens with one attached hydrogen (secondary N) is 2. The monoisotopic (exact) mass is 542 g/mol. The zero-order valence-corrected chi connectivity index (χ0v) is 21.1. The van der Waals surface area contributed by atoms with Crippen LogP contribution in [0.2, 0.25) is 0 Å². The zero-order valence-electron chi connectivity index (χ0n) is 18.7. The number of guanidine groups is 1. The maximum Gasteiger partial charge on any atom is 0.191 e. The molecule has 1 aromatic carbocycles. The maximum atomic E-state index is 5.73. The lowest BCUT2D eigenvalue weighted by Gasteiger charge is -2.33. The van der Waals surface area contributed by atoms with Gasteiger partial charge in [-0.15, -0.1) is 24.0 Å². The quantitative estimate of drug-likeness (QED) is 0.285. The van der Waals surface area contributed by atoms with Gasteiger partial charge in [-0.2, -0.15) is 0 Å². The fourth-order valence-electron chi connectivity index (χ4n) is 3.93. The van der Waals surface area contributed by atoms with E-state index in [0.717, 1.165) is 61.4 Å². The molecule has 3 rings (SSSR count). The van der Waals surface area contributed by atoms with Gasteiger partial charge in [0.05, 0.1) is 26.5 Å². The summed E-state index contributed by atoms with van der Waals surface area (Å²) in [5, 5.41) is 6.88. The Morgan fingerprint density at radius 1 is 1.13 bits per heavy atom. The van der Waals surface area contributed by atoms with Gasteiger partial charge in [-0.05, 0) is 68.2 Å². The minimum Gasteiger partial charge on any atom is -0.497 e. The number of nitrogens with zero attached hydrogens (tertiary/aromatic N) is 2. The van der Waals surface area contributed by atoms with Crippen molar-refractivity contribution in [3.8, 4) is 11.5 Å². The van der Waals surface area contributed by atoms with Crippen molar-refractivity contribution in [3.05, 3.63) is 47.9 Å². The Kier molecular flexibility index (Phi) is 11.0. The predicted molar refractivity (Wildman–Crippen MR) is 135 cm³/mol. The Hall–Kier alpha value is -1.94. The first-order valence-corrected chi connectivity index (χ1v) is 10.7. The van der Waals surface area contributed by atoms with Crippen molar-refractivity contribution in [2.45, 2.75) is 31.7 Å². The number of rotatable bonds is 9. The summed E-state index contributed by atoms with van der Waals surface area (Å²) in [6.07, 6.45) is 6.35. The maximum absolute atomic E-state index is 5.73. The van der Waals surface area contributed by atoms with E-state index < -0.39 is 0 Å². The lowest BCUT2D eigenvalue weighted by atomic mass is 10.1. The average molecular weight is 542 g/mol. The number of furan rings is 1. The fourth-order valence-corrected chi connectivity index (χ4v) is 3.93. The standard InChI is InChI=1S/C23H34N4O3.HI/c1-24-23(25-12-11-18-16-19(28-2)9-10-21(18)29-3)26-17-20(22-8-7-15-30-22)27-13-5-4-6-14-27;/h7-10,15-16,20H,4-6,11-14,17H2,1-3H3,(H2,24,25,26);1H. The molecule has 1 aromatic heterocycles. The van der Waals surface area contributed by atoms with Gasteiger partial charge in [0, 0.05) is 20.1 Å². The highest BCUT2D eigenvalue weighted by Crippen LogP contribution is 2.25. The van der Waals surface area contributed by atoms with Crippen molar-refractivity contribution in [1.82, 2.24) is 15.5 Å². The Labute approximate surface area is 202 Å².